The molecule has 1 heterocycles. The van der Waals surface area contributed by atoms with E-state index >= 15 is 0 Å². The Morgan fingerprint density at radius 2 is 1.48 bits per heavy atom. The third-order valence-electron chi connectivity index (χ3n) is 4.24. The maximum absolute atomic E-state index is 4.62. The van der Waals surface area contributed by atoms with E-state index in [1.165, 1.54) is 11.1 Å². The Kier molecular flexibility index (Phi) is 5.00. The molecule has 0 fully saturated rings. The van der Waals surface area contributed by atoms with Gasteiger partial charge in [0, 0.05) is 23.7 Å². The first kappa shape index (κ1) is 15.2. The zero-order valence-corrected chi connectivity index (χ0v) is 13.2. The Labute approximate surface area is 138 Å². The highest BCUT2D eigenvalue weighted by Gasteiger charge is 2.23. The molecule has 0 radical (unpaired) electrons. The van der Waals surface area contributed by atoms with Crippen LogP contribution in [0.1, 0.15) is 28.7 Å². The summed E-state index contributed by atoms with van der Waals surface area (Å²) < 4.78 is 0. The summed E-state index contributed by atoms with van der Waals surface area (Å²) in [5.41, 5.74) is 3.73. The molecule has 0 N–H and O–H groups in total. The number of nitrogens with zero attached hydrogens (tertiary/aromatic N) is 1. The van der Waals surface area contributed by atoms with Gasteiger partial charge in [0.1, 0.15) is 0 Å². The molecule has 0 aliphatic heterocycles. The smallest absolute Gasteiger partial charge is 0.0447 e. The lowest BCUT2D eigenvalue weighted by Gasteiger charge is -2.25. The quantitative estimate of drug-likeness (QED) is 0.557. The van der Waals surface area contributed by atoms with E-state index in [1.54, 1.807) is 0 Å². The van der Waals surface area contributed by atoms with Crippen LogP contribution < -0.4 is 0 Å². The summed E-state index contributed by atoms with van der Waals surface area (Å²) in [6, 6.07) is 27.3. The van der Waals surface area contributed by atoms with E-state index in [-0.39, 0.29) is 11.8 Å². The maximum atomic E-state index is 4.62. The Hall–Kier alpha value is -2.67. The third kappa shape index (κ3) is 3.75. The minimum atomic E-state index is 0.242. The standard InChI is InChI=1S/C22H21N/c1-2-20(19-13-7-4-8-14-19)21(22-15-9-10-16-23-22)17-18-11-5-3-6-12-18/h2-16,20-21H,1,17H2. The van der Waals surface area contributed by atoms with E-state index in [2.05, 4.69) is 90.4 Å². The van der Waals surface area contributed by atoms with Crippen LogP contribution in [0.4, 0.5) is 0 Å². The van der Waals surface area contributed by atoms with Crippen LogP contribution in [0.25, 0.3) is 0 Å². The predicted octanol–water partition coefficient (Wildman–Crippen LogP) is 5.38. The number of aromatic nitrogens is 1. The molecule has 2 aromatic carbocycles. The van der Waals surface area contributed by atoms with Crippen molar-refractivity contribution >= 4 is 0 Å². The number of pyridine rings is 1. The molecule has 2 unspecified atom stereocenters. The van der Waals surface area contributed by atoms with Crippen molar-refractivity contribution in [3.8, 4) is 0 Å². The zero-order valence-electron chi connectivity index (χ0n) is 13.2. The van der Waals surface area contributed by atoms with Gasteiger partial charge in [0.05, 0.1) is 0 Å². The van der Waals surface area contributed by atoms with Crippen LogP contribution >= 0.6 is 0 Å². The van der Waals surface area contributed by atoms with Gasteiger partial charge in [-0.3, -0.25) is 4.98 Å². The normalized spacial score (nSPS) is 13.2. The fraction of sp³-hybridized carbons (Fsp3) is 0.136. The molecule has 3 rings (SSSR count). The Bertz CT molecular complexity index is 720. The molecule has 2 atom stereocenters. The average molecular weight is 299 g/mol. The summed E-state index contributed by atoms with van der Waals surface area (Å²) in [6.07, 6.45) is 4.87. The summed E-state index contributed by atoms with van der Waals surface area (Å²) in [5.74, 6) is 0.518. The number of rotatable bonds is 6. The highest BCUT2D eigenvalue weighted by molar-refractivity contribution is 5.31. The van der Waals surface area contributed by atoms with Crippen molar-refractivity contribution in [1.29, 1.82) is 0 Å². The molecule has 0 aliphatic carbocycles. The number of allylic oxidation sites excluding steroid dienone is 1. The molecular weight excluding hydrogens is 278 g/mol. The summed E-state index contributed by atoms with van der Waals surface area (Å²) in [4.78, 5) is 4.62. The van der Waals surface area contributed by atoms with Gasteiger partial charge in [-0.2, -0.15) is 0 Å². The number of benzene rings is 2. The molecule has 3 aromatic rings. The zero-order chi connectivity index (χ0) is 15.9. The topological polar surface area (TPSA) is 12.9 Å². The van der Waals surface area contributed by atoms with Crippen molar-refractivity contribution in [3.63, 3.8) is 0 Å². The second-order valence-corrected chi connectivity index (χ2v) is 5.72. The third-order valence-corrected chi connectivity index (χ3v) is 4.24. The molecule has 0 aliphatic rings. The van der Waals surface area contributed by atoms with Crippen LogP contribution in [-0.2, 0) is 6.42 Å². The van der Waals surface area contributed by atoms with Gasteiger partial charge >= 0.3 is 0 Å². The van der Waals surface area contributed by atoms with Gasteiger partial charge in [-0.05, 0) is 29.7 Å². The average Bonchev–Trinajstić information content (AvgIpc) is 2.64. The van der Waals surface area contributed by atoms with Crippen LogP contribution in [0, 0.1) is 0 Å². The molecule has 0 amide bonds. The van der Waals surface area contributed by atoms with Crippen molar-refractivity contribution in [1.82, 2.24) is 4.98 Å². The second-order valence-electron chi connectivity index (χ2n) is 5.72. The molecule has 0 saturated carbocycles. The summed E-state index contributed by atoms with van der Waals surface area (Å²) in [7, 11) is 0. The van der Waals surface area contributed by atoms with Crippen molar-refractivity contribution < 1.29 is 0 Å². The monoisotopic (exact) mass is 299 g/mol. The van der Waals surface area contributed by atoms with Gasteiger partial charge in [-0.1, -0.05) is 72.8 Å². The lowest BCUT2D eigenvalue weighted by molar-refractivity contribution is 0.599. The van der Waals surface area contributed by atoms with E-state index in [0.717, 1.165) is 12.1 Å². The summed E-state index contributed by atoms with van der Waals surface area (Å²) in [6.45, 7) is 4.10. The van der Waals surface area contributed by atoms with Crippen molar-refractivity contribution in [2.45, 2.75) is 18.3 Å². The lowest BCUT2D eigenvalue weighted by Crippen LogP contribution is -2.14. The lowest BCUT2D eigenvalue weighted by atomic mass is 9.80. The summed E-state index contributed by atoms with van der Waals surface area (Å²) in [5, 5.41) is 0. The molecule has 0 saturated heterocycles. The molecular formula is C22H21N. The molecule has 0 bridgehead atoms. The molecule has 114 valence electrons. The van der Waals surface area contributed by atoms with Crippen LogP contribution in [0.15, 0.2) is 97.7 Å². The molecule has 1 heteroatoms. The molecule has 1 aromatic heterocycles. The SMILES string of the molecule is C=CC(c1ccccc1)C(Cc1ccccc1)c1ccccn1. The molecule has 23 heavy (non-hydrogen) atoms. The van der Waals surface area contributed by atoms with Gasteiger partial charge in [-0.15, -0.1) is 6.58 Å². The minimum absolute atomic E-state index is 0.242. The van der Waals surface area contributed by atoms with Crippen LogP contribution in [0.5, 0.6) is 0 Å². The van der Waals surface area contributed by atoms with E-state index in [9.17, 15) is 0 Å². The molecule has 0 spiro atoms. The fourth-order valence-electron chi connectivity index (χ4n) is 3.09. The maximum Gasteiger partial charge on any atom is 0.0447 e. The van der Waals surface area contributed by atoms with Crippen LogP contribution in [0.3, 0.4) is 0 Å². The minimum Gasteiger partial charge on any atom is -0.261 e. The fourth-order valence-corrected chi connectivity index (χ4v) is 3.09. The summed E-state index contributed by atoms with van der Waals surface area (Å²) >= 11 is 0. The first-order chi connectivity index (χ1) is 11.4. The van der Waals surface area contributed by atoms with Gasteiger partial charge in [0.15, 0.2) is 0 Å². The highest BCUT2D eigenvalue weighted by Crippen LogP contribution is 2.35. The highest BCUT2D eigenvalue weighted by atomic mass is 14.7. The van der Waals surface area contributed by atoms with Crippen LogP contribution in [0.2, 0.25) is 0 Å². The van der Waals surface area contributed by atoms with Crippen molar-refractivity contribution in [2.75, 3.05) is 0 Å². The van der Waals surface area contributed by atoms with Gasteiger partial charge < -0.3 is 0 Å². The predicted molar refractivity (Wildman–Crippen MR) is 96.5 cm³/mol. The van der Waals surface area contributed by atoms with Gasteiger partial charge in [0.2, 0.25) is 0 Å². The van der Waals surface area contributed by atoms with Crippen molar-refractivity contribution in [3.05, 3.63) is 115 Å². The molecule has 1 nitrogen and oxygen atoms in total. The Balaban J connectivity index is 1.99. The largest absolute Gasteiger partial charge is 0.261 e. The number of hydrogen-bond acceptors (Lipinski definition) is 1. The van der Waals surface area contributed by atoms with E-state index in [0.29, 0.717) is 0 Å². The second kappa shape index (κ2) is 7.55. The Morgan fingerprint density at radius 1 is 0.826 bits per heavy atom. The first-order valence-electron chi connectivity index (χ1n) is 8.01. The Morgan fingerprint density at radius 3 is 2.09 bits per heavy atom. The van der Waals surface area contributed by atoms with Crippen LogP contribution in [-0.4, -0.2) is 4.98 Å². The van der Waals surface area contributed by atoms with Gasteiger partial charge in [-0.25, -0.2) is 0 Å². The van der Waals surface area contributed by atoms with Gasteiger partial charge in [0.25, 0.3) is 0 Å². The van der Waals surface area contributed by atoms with E-state index in [1.807, 2.05) is 12.3 Å². The first-order valence-corrected chi connectivity index (χ1v) is 8.01. The number of hydrogen-bond donors (Lipinski definition) is 0. The van der Waals surface area contributed by atoms with E-state index in [4.69, 9.17) is 0 Å². The van der Waals surface area contributed by atoms with Crippen molar-refractivity contribution in [2.24, 2.45) is 0 Å². The van der Waals surface area contributed by atoms with E-state index < -0.39 is 0 Å².